The van der Waals surface area contributed by atoms with E-state index < -0.39 is 0 Å². The van der Waals surface area contributed by atoms with Crippen LogP contribution < -0.4 is 20.1 Å². The summed E-state index contributed by atoms with van der Waals surface area (Å²) in [6, 6.07) is 20.9. The number of aromatic nitrogens is 2. The molecule has 4 aromatic rings. The Morgan fingerprint density at radius 1 is 1.00 bits per heavy atom. The van der Waals surface area contributed by atoms with Gasteiger partial charge in [0.15, 0.2) is 11.5 Å². The molecule has 3 heterocycles. The van der Waals surface area contributed by atoms with Gasteiger partial charge >= 0.3 is 0 Å². The van der Waals surface area contributed by atoms with E-state index in [4.69, 9.17) is 14.5 Å². The molecule has 1 amide bonds. The summed E-state index contributed by atoms with van der Waals surface area (Å²) in [5, 5.41) is 6.24. The van der Waals surface area contributed by atoms with Gasteiger partial charge in [-0.1, -0.05) is 30.3 Å². The lowest BCUT2D eigenvalue weighted by atomic mass is 10.0. The zero-order valence-electron chi connectivity index (χ0n) is 18.0. The normalized spacial score (nSPS) is 11.8. The number of nitrogens with zero attached hydrogens (tertiary/aromatic N) is 2. The second-order valence-corrected chi connectivity index (χ2v) is 7.64. The van der Waals surface area contributed by atoms with Gasteiger partial charge < -0.3 is 20.1 Å². The summed E-state index contributed by atoms with van der Waals surface area (Å²) >= 11 is 0. The number of carbonyl (C=O) groups is 1. The van der Waals surface area contributed by atoms with Crippen LogP contribution >= 0.6 is 0 Å². The average molecular weight is 438 g/mol. The van der Waals surface area contributed by atoms with Crippen LogP contribution in [0.3, 0.4) is 0 Å². The van der Waals surface area contributed by atoms with Crippen molar-refractivity contribution in [3.8, 4) is 22.8 Å². The highest BCUT2D eigenvalue weighted by Gasteiger charge is 2.18. The van der Waals surface area contributed by atoms with Crippen LogP contribution in [0.15, 0.2) is 79.1 Å². The van der Waals surface area contributed by atoms with Gasteiger partial charge in [-0.15, -0.1) is 0 Å². The van der Waals surface area contributed by atoms with E-state index in [0.29, 0.717) is 35.1 Å². The molecule has 1 aliphatic heterocycles. The third kappa shape index (κ3) is 4.48. The van der Waals surface area contributed by atoms with Crippen LogP contribution in [0.4, 0.5) is 11.5 Å². The molecule has 5 rings (SSSR count). The Morgan fingerprint density at radius 3 is 2.73 bits per heavy atom. The Labute approximate surface area is 191 Å². The largest absolute Gasteiger partial charge is 0.454 e. The van der Waals surface area contributed by atoms with E-state index in [1.165, 1.54) is 0 Å². The summed E-state index contributed by atoms with van der Waals surface area (Å²) in [5.41, 5.74) is 4.97. The number of aryl methyl sites for hydroxylation is 1. The molecule has 0 radical (unpaired) electrons. The standard InChI is InChI=1S/C26H22N4O3/c1-17-5-2-3-7-20(17)22-10-9-21(25(30-22)28-15-18-6-4-12-27-14-18)26(31)29-19-8-11-23-24(13-19)33-16-32-23/h2-14H,15-16H2,1H3,(H,28,30)(H,29,31). The Morgan fingerprint density at radius 2 is 1.88 bits per heavy atom. The molecule has 2 N–H and O–H groups in total. The number of hydrogen-bond donors (Lipinski definition) is 2. The van der Waals surface area contributed by atoms with E-state index >= 15 is 0 Å². The monoisotopic (exact) mass is 438 g/mol. The number of amides is 1. The van der Waals surface area contributed by atoms with Gasteiger partial charge in [-0.05, 0) is 48.4 Å². The zero-order valence-corrected chi connectivity index (χ0v) is 18.0. The molecule has 0 saturated carbocycles. The maximum atomic E-state index is 13.2. The second kappa shape index (κ2) is 9.00. The highest BCUT2D eigenvalue weighted by atomic mass is 16.7. The van der Waals surface area contributed by atoms with Crippen molar-refractivity contribution in [2.24, 2.45) is 0 Å². The van der Waals surface area contributed by atoms with Crippen LogP contribution in [0.5, 0.6) is 11.5 Å². The quantitative estimate of drug-likeness (QED) is 0.438. The predicted octanol–water partition coefficient (Wildman–Crippen LogP) is 5.05. The van der Waals surface area contributed by atoms with E-state index in [9.17, 15) is 4.79 Å². The van der Waals surface area contributed by atoms with Crippen LogP contribution in [-0.2, 0) is 6.54 Å². The van der Waals surface area contributed by atoms with Crippen LogP contribution in [0.2, 0.25) is 0 Å². The number of nitrogens with one attached hydrogen (secondary N) is 2. The van der Waals surface area contributed by atoms with Crippen LogP contribution in [-0.4, -0.2) is 22.7 Å². The Balaban J connectivity index is 1.45. The van der Waals surface area contributed by atoms with E-state index in [0.717, 1.165) is 22.4 Å². The van der Waals surface area contributed by atoms with Gasteiger partial charge in [0.1, 0.15) is 5.82 Å². The predicted molar refractivity (Wildman–Crippen MR) is 126 cm³/mol. The van der Waals surface area contributed by atoms with Gasteiger partial charge in [0, 0.05) is 36.3 Å². The Hall–Kier alpha value is -4.39. The van der Waals surface area contributed by atoms with Crippen LogP contribution in [0.25, 0.3) is 11.3 Å². The first-order chi connectivity index (χ1) is 16.2. The third-order valence-corrected chi connectivity index (χ3v) is 5.37. The fraction of sp³-hybridized carbons (Fsp3) is 0.115. The maximum absolute atomic E-state index is 13.2. The van der Waals surface area contributed by atoms with E-state index in [1.54, 1.807) is 36.7 Å². The maximum Gasteiger partial charge on any atom is 0.259 e. The minimum absolute atomic E-state index is 0.180. The van der Waals surface area contributed by atoms with Gasteiger partial charge in [0.05, 0.1) is 11.3 Å². The molecule has 7 heteroatoms. The summed E-state index contributed by atoms with van der Waals surface area (Å²) in [4.78, 5) is 22.1. The molecule has 0 spiro atoms. The van der Waals surface area contributed by atoms with Crippen molar-refractivity contribution in [2.45, 2.75) is 13.5 Å². The molecular formula is C26H22N4O3. The number of anilines is 2. The summed E-state index contributed by atoms with van der Waals surface area (Å²) in [6.45, 7) is 2.71. The van der Waals surface area contributed by atoms with E-state index in [-0.39, 0.29) is 12.7 Å². The lowest BCUT2D eigenvalue weighted by Gasteiger charge is -2.14. The molecule has 2 aromatic heterocycles. The SMILES string of the molecule is Cc1ccccc1-c1ccc(C(=O)Nc2ccc3c(c2)OCO3)c(NCc2cccnc2)n1. The number of carbonyl (C=O) groups excluding carboxylic acids is 1. The summed E-state index contributed by atoms with van der Waals surface area (Å²) in [6.07, 6.45) is 3.51. The number of pyridine rings is 2. The number of fused-ring (bicyclic) bond motifs is 1. The van der Waals surface area contributed by atoms with E-state index in [1.807, 2.05) is 49.4 Å². The smallest absolute Gasteiger partial charge is 0.259 e. The summed E-state index contributed by atoms with van der Waals surface area (Å²) < 4.78 is 10.8. The van der Waals surface area contributed by atoms with E-state index in [2.05, 4.69) is 15.6 Å². The fourth-order valence-electron chi connectivity index (χ4n) is 3.65. The van der Waals surface area contributed by atoms with Gasteiger partial charge in [0.2, 0.25) is 6.79 Å². The molecule has 2 aromatic carbocycles. The Bertz CT molecular complexity index is 1310. The molecule has 1 aliphatic rings. The first-order valence-corrected chi connectivity index (χ1v) is 10.6. The number of ether oxygens (including phenoxy) is 2. The number of hydrogen-bond acceptors (Lipinski definition) is 6. The number of benzene rings is 2. The van der Waals surface area contributed by atoms with Crippen molar-refractivity contribution in [3.63, 3.8) is 0 Å². The van der Waals surface area contributed by atoms with Crippen molar-refractivity contribution < 1.29 is 14.3 Å². The van der Waals surface area contributed by atoms with Crippen molar-refractivity contribution in [1.82, 2.24) is 9.97 Å². The summed E-state index contributed by atoms with van der Waals surface area (Å²) in [5.74, 6) is 1.50. The average Bonchev–Trinajstić information content (AvgIpc) is 3.31. The van der Waals surface area contributed by atoms with Crippen molar-refractivity contribution in [3.05, 3.63) is 95.8 Å². The molecule has 0 saturated heterocycles. The highest BCUT2D eigenvalue weighted by Crippen LogP contribution is 2.34. The molecule has 0 atom stereocenters. The Kier molecular flexibility index (Phi) is 5.59. The van der Waals surface area contributed by atoms with Crippen molar-refractivity contribution in [2.75, 3.05) is 17.4 Å². The van der Waals surface area contributed by atoms with Gasteiger partial charge in [-0.3, -0.25) is 9.78 Å². The molecule has 0 bridgehead atoms. The van der Waals surface area contributed by atoms with Crippen LogP contribution in [0.1, 0.15) is 21.5 Å². The van der Waals surface area contributed by atoms with Gasteiger partial charge in [-0.2, -0.15) is 0 Å². The third-order valence-electron chi connectivity index (χ3n) is 5.37. The molecule has 0 fully saturated rings. The molecule has 33 heavy (non-hydrogen) atoms. The minimum Gasteiger partial charge on any atom is -0.454 e. The highest BCUT2D eigenvalue weighted by molar-refractivity contribution is 6.07. The number of rotatable bonds is 6. The molecule has 0 aliphatic carbocycles. The summed E-state index contributed by atoms with van der Waals surface area (Å²) in [7, 11) is 0. The minimum atomic E-state index is -0.272. The fourth-order valence-corrected chi connectivity index (χ4v) is 3.65. The van der Waals surface area contributed by atoms with Gasteiger partial charge in [0.25, 0.3) is 5.91 Å². The molecule has 7 nitrogen and oxygen atoms in total. The molecule has 164 valence electrons. The first-order valence-electron chi connectivity index (χ1n) is 10.6. The molecule has 0 unspecified atom stereocenters. The molecular weight excluding hydrogens is 416 g/mol. The lowest BCUT2D eigenvalue weighted by molar-refractivity contribution is 0.102. The van der Waals surface area contributed by atoms with Crippen molar-refractivity contribution in [1.29, 1.82) is 0 Å². The van der Waals surface area contributed by atoms with Gasteiger partial charge in [-0.25, -0.2) is 4.98 Å². The van der Waals surface area contributed by atoms with Crippen LogP contribution in [0, 0.1) is 6.92 Å². The second-order valence-electron chi connectivity index (χ2n) is 7.64. The zero-order chi connectivity index (χ0) is 22.6. The first kappa shape index (κ1) is 20.5. The van der Waals surface area contributed by atoms with Crippen molar-refractivity contribution >= 4 is 17.4 Å². The lowest BCUT2D eigenvalue weighted by Crippen LogP contribution is -2.16. The topological polar surface area (TPSA) is 85.4 Å².